The van der Waals surface area contributed by atoms with E-state index >= 15 is 0 Å². The van der Waals surface area contributed by atoms with Crippen molar-refractivity contribution in [2.24, 2.45) is 0 Å². The Bertz CT molecular complexity index is 961. The zero-order chi connectivity index (χ0) is 18.0. The first-order valence-electron chi connectivity index (χ1n) is 7.14. The Morgan fingerprint density at radius 1 is 1.12 bits per heavy atom. The van der Waals surface area contributed by atoms with Crippen LogP contribution in [0.25, 0.3) is 10.9 Å². The first-order chi connectivity index (χ1) is 12.0. The van der Waals surface area contributed by atoms with E-state index < -0.39 is 16.4 Å². The van der Waals surface area contributed by atoms with E-state index in [0.29, 0.717) is 33.9 Å². The molecule has 0 radical (unpaired) electrons. The lowest BCUT2D eigenvalue weighted by Crippen LogP contribution is -1.98. The molecule has 0 saturated heterocycles. The highest BCUT2D eigenvalue weighted by Gasteiger charge is 2.15. The summed E-state index contributed by atoms with van der Waals surface area (Å²) in [5.41, 5.74) is 0.616. The molecule has 3 aromatic rings. The number of ether oxygens (including phenoxy) is 2. The number of nitro benzene ring substituents is 1. The lowest BCUT2D eigenvalue weighted by molar-refractivity contribution is -0.385. The number of aromatic nitrogens is 2. The van der Waals surface area contributed by atoms with Crippen LogP contribution in [0.3, 0.4) is 0 Å². The molecule has 9 heteroatoms. The number of nitro groups is 1. The summed E-state index contributed by atoms with van der Waals surface area (Å²) in [6.45, 7) is 0. The summed E-state index contributed by atoms with van der Waals surface area (Å²) < 4.78 is 10.5. The first-order valence-corrected chi connectivity index (χ1v) is 7.14. The Morgan fingerprint density at radius 3 is 2.52 bits per heavy atom. The molecule has 0 fully saturated rings. The zero-order valence-corrected chi connectivity index (χ0v) is 13.4. The van der Waals surface area contributed by atoms with Gasteiger partial charge in [0.25, 0.3) is 0 Å². The predicted octanol–water partition coefficient (Wildman–Crippen LogP) is 3.00. The number of rotatable bonds is 5. The fraction of sp³-hybridized carbons (Fsp3) is 0.125. The van der Waals surface area contributed by atoms with Crippen LogP contribution in [0.15, 0.2) is 36.7 Å². The fourth-order valence-electron chi connectivity index (χ4n) is 2.37. The number of aromatic hydroxyl groups is 1. The number of benzene rings is 2. The molecule has 0 spiro atoms. The van der Waals surface area contributed by atoms with Crippen LogP contribution in [0.5, 0.6) is 17.2 Å². The highest BCUT2D eigenvalue weighted by atomic mass is 16.6. The van der Waals surface area contributed by atoms with Crippen LogP contribution in [0, 0.1) is 10.1 Å². The molecule has 0 aliphatic heterocycles. The van der Waals surface area contributed by atoms with E-state index in [9.17, 15) is 15.2 Å². The van der Waals surface area contributed by atoms with Gasteiger partial charge >= 0.3 is 5.69 Å². The second-order valence-electron chi connectivity index (χ2n) is 5.03. The normalized spacial score (nSPS) is 10.5. The molecule has 2 aromatic carbocycles. The molecule has 1 aromatic heterocycles. The number of hydrogen-bond acceptors (Lipinski definition) is 8. The van der Waals surface area contributed by atoms with Gasteiger partial charge in [0.1, 0.15) is 12.1 Å². The minimum atomic E-state index is -0.660. The zero-order valence-electron chi connectivity index (χ0n) is 13.4. The number of nitrogens with one attached hydrogen (secondary N) is 1. The van der Waals surface area contributed by atoms with E-state index in [-0.39, 0.29) is 0 Å². The van der Waals surface area contributed by atoms with Crippen molar-refractivity contribution in [2.75, 3.05) is 19.5 Å². The molecule has 0 aliphatic carbocycles. The number of methoxy groups -OCH3 is 2. The van der Waals surface area contributed by atoms with Gasteiger partial charge in [-0.25, -0.2) is 9.97 Å². The Labute approximate surface area is 142 Å². The Balaban J connectivity index is 2.07. The van der Waals surface area contributed by atoms with Gasteiger partial charge in [-0.3, -0.25) is 10.1 Å². The van der Waals surface area contributed by atoms with Crippen molar-refractivity contribution >= 4 is 28.1 Å². The van der Waals surface area contributed by atoms with E-state index in [1.54, 1.807) is 12.1 Å². The molecule has 9 nitrogen and oxygen atoms in total. The summed E-state index contributed by atoms with van der Waals surface area (Å²) >= 11 is 0. The topological polar surface area (TPSA) is 120 Å². The highest BCUT2D eigenvalue weighted by molar-refractivity contribution is 5.93. The summed E-state index contributed by atoms with van der Waals surface area (Å²) in [7, 11) is 3.05. The van der Waals surface area contributed by atoms with E-state index in [4.69, 9.17) is 9.47 Å². The number of hydrogen-bond donors (Lipinski definition) is 2. The maximum Gasteiger partial charge on any atom is 0.312 e. The van der Waals surface area contributed by atoms with Gasteiger partial charge in [0.2, 0.25) is 0 Å². The maximum absolute atomic E-state index is 11.0. The van der Waals surface area contributed by atoms with Crippen LogP contribution in [-0.4, -0.2) is 34.2 Å². The summed E-state index contributed by atoms with van der Waals surface area (Å²) in [6.07, 6.45) is 1.37. The number of phenolic OH excluding ortho intramolecular Hbond substituents is 1. The van der Waals surface area contributed by atoms with Crippen LogP contribution >= 0.6 is 0 Å². The molecule has 2 N–H and O–H groups in total. The average molecular weight is 342 g/mol. The minimum absolute atomic E-state index is 0.400. The Morgan fingerprint density at radius 2 is 1.84 bits per heavy atom. The summed E-state index contributed by atoms with van der Waals surface area (Å²) in [5, 5.41) is 24.1. The second kappa shape index (κ2) is 6.48. The molecule has 0 amide bonds. The Kier molecular flexibility index (Phi) is 4.21. The van der Waals surface area contributed by atoms with Gasteiger partial charge in [0.15, 0.2) is 17.2 Å². The summed E-state index contributed by atoms with van der Waals surface area (Å²) in [4.78, 5) is 18.7. The number of fused-ring (bicyclic) bond motifs is 1. The lowest BCUT2D eigenvalue weighted by atomic mass is 10.2. The van der Waals surface area contributed by atoms with Gasteiger partial charge in [-0.15, -0.1) is 0 Å². The summed E-state index contributed by atoms with van der Waals surface area (Å²) in [5.74, 6) is 1.06. The second-order valence-corrected chi connectivity index (χ2v) is 5.03. The average Bonchev–Trinajstić information content (AvgIpc) is 2.62. The van der Waals surface area contributed by atoms with Crippen molar-refractivity contribution in [1.29, 1.82) is 0 Å². The van der Waals surface area contributed by atoms with Crippen molar-refractivity contribution in [3.05, 3.63) is 46.8 Å². The van der Waals surface area contributed by atoms with Gasteiger partial charge in [0.05, 0.1) is 24.7 Å². The van der Waals surface area contributed by atoms with Crippen molar-refractivity contribution < 1.29 is 19.5 Å². The third-order valence-corrected chi connectivity index (χ3v) is 3.58. The fourth-order valence-corrected chi connectivity index (χ4v) is 2.37. The quantitative estimate of drug-likeness (QED) is 0.412. The highest BCUT2D eigenvalue weighted by Crippen LogP contribution is 2.35. The van der Waals surface area contributed by atoms with Gasteiger partial charge in [-0.2, -0.15) is 0 Å². The van der Waals surface area contributed by atoms with Gasteiger partial charge in [-0.05, 0) is 18.2 Å². The molecule has 0 saturated carbocycles. The molecule has 25 heavy (non-hydrogen) atoms. The molecule has 0 aliphatic rings. The molecule has 0 atom stereocenters. The molecule has 3 rings (SSSR count). The van der Waals surface area contributed by atoms with Crippen LogP contribution < -0.4 is 14.8 Å². The molecule has 0 unspecified atom stereocenters. The number of anilines is 2. The standard InChI is InChI=1S/C16H14N4O5/c1-24-14-6-10-11(7-15(14)25-2)17-8-18-16(10)19-9-3-4-13(21)12(5-9)20(22)23/h3-8,21H,1-2H3,(H,17,18,19). The molecule has 128 valence electrons. The third-order valence-electron chi connectivity index (χ3n) is 3.58. The van der Waals surface area contributed by atoms with E-state index in [1.807, 2.05) is 0 Å². The minimum Gasteiger partial charge on any atom is -0.502 e. The van der Waals surface area contributed by atoms with Crippen molar-refractivity contribution in [2.45, 2.75) is 0 Å². The maximum atomic E-state index is 11.0. The van der Waals surface area contributed by atoms with E-state index in [0.717, 1.165) is 0 Å². The largest absolute Gasteiger partial charge is 0.502 e. The van der Waals surface area contributed by atoms with Crippen molar-refractivity contribution in [1.82, 2.24) is 9.97 Å². The lowest BCUT2D eigenvalue weighted by Gasteiger charge is -2.12. The van der Waals surface area contributed by atoms with Crippen molar-refractivity contribution in [3.63, 3.8) is 0 Å². The van der Waals surface area contributed by atoms with Crippen molar-refractivity contribution in [3.8, 4) is 17.2 Å². The molecule has 1 heterocycles. The first kappa shape index (κ1) is 16.2. The SMILES string of the molecule is COc1cc2ncnc(Nc3ccc(O)c([N+](=O)[O-])c3)c2cc1OC. The molecular weight excluding hydrogens is 328 g/mol. The monoisotopic (exact) mass is 342 g/mol. The van der Waals surface area contributed by atoms with Crippen LogP contribution in [0.4, 0.5) is 17.2 Å². The Hall–Kier alpha value is -3.62. The third kappa shape index (κ3) is 3.07. The van der Waals surface area contributed by atoms with Gasteiger partial charge in [-0.1, -0.05) is 0 Å². The molecular formula is C16H14N4O5. The van der Waals surface area contributed by atoms with E-state index in [1.165, 1.54) is 38.7 Å². The van der Waals surface area contributed by atoms with Crippen LogP contribution in [0.1, 0.15) is 0 Å². The number of phenols is 1. The van der Waals surface area contributed by atoms with Gasteiger partial charge in [0, 0.05) is 23.2 Å². The van der Waals surface area contributed by atoms with E-state index in [2.05, 4.69) is 15.3 Å². The molecule has 0 bridgehead atoms. The smallest absolute Gasteiger partial charge is 0.312 e. The van der Waals surface area contributed by atoms with Crippen LogP contribution in [0.2, 0.25) is 0 Å². The predicted molar refractivity (Wildman–Crippen MR) is 90.7 cm³/mol. The summed E-state index contributed by atoms with van der Waals surface area (Å²) in [6, 6.07) is 7.40. The number of nitrogens with zero attached hydrogens (tertiary/aromatic N) is 3. The van der Waals surface area contributed by atoms with Crippen LogP contribution in [-0.2, 0) is 0 Å². The van der Waals surface area contributed by atoms with Gasteiger partial charge < -0.3 is 19.9 Å².